The molecule has 27 heavy (non-hydrogen) atoms. The number of hydrogen-bond donors (Lipinski definition) is 1. The van der Waals surface area contributed by atoms with E-state index in [9.17, 15) is 17.6 Å². The number of amides is 1. The average molecular weight is 421 g/mol. The van der Waals surface area contributed by atoms with Crippen molar-refractivity contribution in [1.29, 1.82) is 0 Å². The third kappa shape index (κ3) is 5.56. The Morgan fingerprint density at radius 2 is 1.85 bits per heavy atom. The first-order chi connectivity index (χ1) is 12.5. The summed E-state index contributed by atoms with van der Waals surface area (Å²) in [4.78, 5) is 12.1. The molecule has 0 saturated heterocycles. The number of carbonyl (C=O) groups is 1. The van der Waals surface area contributed by atoms with Gasteiger partial charge in [-0.1, -0.05) is 25.4 Å². The normalized spacial score (nSPS) is 20.7. The van der Waals surface area contributed by atoms with Crippen molar-refractivity contribution in [2.45, 2.75) is 45.6 Å². The summed E-state index contributed by atoms with van der Waals surface area (Å²) in [7, 11) is -1.52. The molecule has 0 aliphatic heterocycles. The molecule has 1 fully saturated rings. The Hall–Kier alpha value is -1.38. The molecule has 1 N–H and O–H groups in total. The lowest BCUT2D eigenvalue weighted by molar-refractivity contribution is 0.0975. The van der Waals surface area contributed by atoms with Crippen LogP contribution in [0.5, 0.6) is 5.75 Å². The van der Waals surface area contributed by atoms with Crippen molar-refractivity contribution in [3.63, 3.8) is 0 Å². The third-order valence-corrected chi connectivity index (χ3v) is 6.62. The summed E-state index contributed by atoms with van der Waals surface area (Å²) in [5.41, 5.74) is -0.457. The Morgan fingerprint density at radius 3 is 2.37 bits per heavy atom. The summed E-state index contributed by atoms with van der Waals surface area (Å²) in [5.74, 6) is -0.525. The molecule has 1 aliphatic carbocycles. The SMILES string of the molecule is CC(C)[C@H]1CC[C@H](Oc2cc(F)c(C(=O)NS(=O)(=O)N(C)C)cc2Cl)CC1. The van der Waals surface area contributed by atoms with Gasteiger partial charge in [-0.2, -0.15) is 12.7 Å². The third-order valence-electron chi connectivity index (χ3n) is 4.92. The van der Waals surface area contributed by atoms with Crippen LogP contribution < -0.4 is 9.46 Å². The molecule has 0 bridgehead atoms. The first-order valence-corrected chi connectivity index (χ1v) is 10.7. The van der Waals surface area contributed by atoms with E-state index in [1.807, 2.05) is 0 Å². The van der Waals surface area contributed by atoms with Crippen LogP contribution in [-0.4, -0.2) is 38.8 Å². The minimum atomic E-state index is -4.03. The van der Waals surface area contributed by atoms with Crippen LogP contribution in [0.3, 0.4) is 0 Å². The highest BCUT2D eigenvalue weighted by Gasteiger charge is 2.26. The van der Waals surface area contributed by atoms with Crippen molar-refractivity contribution in [1.82, 2.24) is 9.03 Å². The van der Waals surface area contributed by atoms with Crippen LogP contribution in [0.15, 0.2) is 12.1 Å². The van der Waals surface area contributed by atoms with Crippen molar-refractivity contribution in [2.24, 2.45) is 11.8 Å². The van der Waals surface area contributed by atoms with Crippen molar-refractivity contribution < 1.29 is 22.3 Å². The molecule has 9 heteroatoms. The second kappa shape index (κ2) is 8.75. The molecule has 1 aromatic rings. The highest BCUT2D eigenvalue weighted by Crippen LogP contribution is 2.35. The maximum absolute atomic E-state index is 14.4. The van der Waals surface area contributed by atoms with E-state index in [-0.39, 0.29) is 16.9 Å². The minimum Gasteiger partial charge on any atom is -0.489 e. The lowest BCUT2D eigenvalue weighted by atomic mass is 9.80. The van der Waals surface area contributed by atoms with Gasteiger partial charge in [-0.3, -0.25) is 4.79 Å². The number of hydrogen-bond acceptors (Lipinski definition) is 4. The number of halogens is 2. The Morgan fingerprint density at radius 1 is 1.26 bits per heavy atom. The van der Waals surface area contributed by atoms with Gasteiger partial charge in [0.2, 0.25) is 0 Å². The Labute approximate surface area is 165 Å². The van der Waals surface area contributed by atoms with Crippen LogP contribution >= 0.6 is 11.6 Å². The largest absolute Gasteiger partial charge is 0.489 e. The van der Waals surface area contributed by atoms with Gasteiger partial charge in [0.15, 0.2) is 0 Å². The van der Waals surface area contributed by atoms with Gasteiger partial charge in [0.1, 0.15) is 11.6 Å². The van der Waals surface area contributed by atoms with E-state index in [0.717, 1.165) is 42.1 Å². The number of benzene rings is 1. The molecule has 0 aromatic heterocycles. The van der Waals surface area contributed by atoms with Gasteiger partial charge in [0, 0.05) is 20.2 Å². The second-order valence-electron chi connectivity index (χ2n) is 7.38. The predicted molar refractivity (Wildman–Crippen MR) is 103 cm³/mol. The summed E-state index contributed by atoms with van der Waals surface area (Å²) in [6.07, 6.45) is 3.77. The van der Waals surface area contributed by atoms with Gasteiger partial charge in [0.05, 0.1) is 16.7 Å². The molecule has 1 saturated carbocycles. The topological polar surface area (TPSA) is 75.7 Å². The summed E-state index contributed by atoms with van der Waals surface area (Å²) in [6, 6.07) is 2.13. The maximum atomic E-state index is 14.4. The molecule has 1 amide bonds. The summed E-state index contributed by atoms with van der Waals surface area (Å²) >= 11 is 6.15. The molecule has 1 aromatic carbocycles. The molecule has 1 aliphatic rings. The lowest BCUT2D eigenvalue weighted by Crippen LogP contribution is -2.39. The standard InChI is InChI=1S/C18H26ClFN2O4S/c1-11(2)12-5-7-13(8-6-12)26-17-10-16(20)14(9-15(17)19)18(23)21-27(24,25)22(3)4/h9-13H,5-8H2,1-4H3,(H,21,23)/t12-,13-. The molecule has 0 unspecified atom stereocenters. The van der Waals surface area contributed by atoms with Crippen LogP contribution in [0.4, 0.5) is 4.39 Å². The van der Waals surface area contributed by atoms with Crippen LogP contribution in [-0.2, 0) is 10.2 Å². The van der Waals surface area contributed by atoms with E-state index in [1.54, 1.807) is 4.72 Å². The highest BCUT2D eigenvalue weighted by molar-refractivity contribution is 7.87. The molecule has 6 nitrogen and oxygen atoms in total. The fourth-order valence-electron chi connectivity index (χ4n) is 3.11. The van der Waals surface area contributed by atoms with Crippen LogP contribution in [0.25, 0.3) is 0 Å². The molecule has 0 spiro atoms. The highest BCUT2D eigenvalue weighted by atomic mass is 35.5. The fraction of sp³-hybridized carbons (Fsp3) is 0.611. The summed E-state index contributed by atoms with van der Waals surface area (Å²) < 4.78 is 46.3. The van der Waals surface area contributed by atoms with E-state index in [0.29, 0.717) is 11.8 Å². The molecule has 2 rings (SSSR count). The predicted octanol–water partition coefficient (Wildman–Crippen LogP) is 3.61. The van der Waals surface area contributed by atoms with Crippen molar-refractivity contribution in [3.05, 3.63) is 28.5 Å². The molecule has 0 radical (unpaired) electrons. The second-order valence-corrected chi connectivity index (χ2v) is 9.67. The number of ether oxygens (including phenoxy) is 1. The van der Waals surface area contributed by atoms with Gasteiger partial charge < -0.3 is 4.74 Å². The lowest BCUT2D eigenvalue weighted by Gasteiger charge is -2.31. The van der Waals surface area contributed by atoms with Crippen LogP contribution in [0, 0.1) is 17.7 Å². The Bertz CT molecular complexity index is 791. The minimum absolute atomic E-state index is 0.0503. The molecular weight excluding hydrogens is 395 g/mol. The molecular formula is C18H26ClFN2O4S. The van der Waals surface area contributed by atoms with Crippen molar-refractivity contribution in [3.8, 4) is 5.75 Å². The number of nitrogens with one attached hydrogen (secondary N) is 1. The summed E-state index contributed by atoms with van der Waals surface area (Å²) in [6.45, 7) is 4.41. The van der Waals surface area contributed by atoms with Gasteiger partial charge in [0.25, 0.3) is 5.91 Å². The molecule has 0 heterocycles. The summed E-state index contributed by atoms with van der Waals surface area (Å²) in [5, 5.41) is 0.0646. The zero-order valence-electron chi connectivity index (χ0n) is 16.0. The zero-order chi connectivity index (χ0) is 20.4. The van der Waals surface area contributed by atoms with Crippen molar-refractivity contribution in [2.75, 3.05) is 14.1 Å². The maximum Gasteiger partial charge on any atom is 0.303 e. The molecule has 152 valence electrons. The fourth-order valence-corrected chi connectivity index (χ4v) is 3.84. The van der Waals surface area contributed by atoms with Gasteiger partial charge in [-0.15, -0.1) is 0 Å². The monoisotopic (exact) mass is 420 g/mol. The number of rotatable bonds is 6. The number of carbonyl (C=O) groups excluding carboxylic acids is 1. The van der Waals surface area contributed by atoms with E-state index in [1.165, 1.54) is 14.1 Å². The van der Waals surface area contributed by atoms with Gasteiger partial charge in [-0.05, 0) is 43.6 Å². The number of nitrogens with zero attached hydrogens (tertiary/aromatic N) is 1. The van der Waals surface area contributed by atoms with E-state index in [4.69, 9.17) is 16.3 Å². The average Bonchev–Trinajstić information content (AvgIpc) is 2.57. The zero-order valence-corrected chi connectivity index (χ0v) is 17.5. The Balaban J connectivity index is 2.10. The first-order valence-electron chi connectivity index (χ1n) is 8.91. The van der Waals surface area contributed by atoms with Crippen LogP contribution in [0.2, 0.25) is 5.02 Å². The van der Waals surface area contributed by atoms with Gasteiger partial charge in [-0.25, -0.2) is 9.11 Å². The van der Waals surface area contributed by atoms with Crippen LogP contribution in [0.1, 0.15) is 49.9 Å². The Kier molecular flexibility index (Phi) is 7.10. The van der Waals surface area contributed by atoms with Crippen molar-refractivity contribution >= 4 is 27.7 Å². The van der Waals surface area contributed by atoms with E-state index >= 15 is 0 Å². The molecule has 0 atom stereocenters. The van der Waals surface area contributed by atoms with E-state index < -0.39 is 27.5 Å². The van der Waals surface area contributed by atoms with Gasteiger partial charge >= 0.3 is 10.2 Å². The van der Waals surface area contributed by atoms with E-state index in [2.05, 4.69) is 13.8 Å². The first kappa shape index (κ1) is 21.9. The smallest absolute Gasteiger partial charge is 0.303 e. The quantitative estimate of drug-likeness (QED) is 0.762.